The molecule has 2 rings (SSSR count). The molecule has 0 N–H and O–H groups in total. The molecular formula is C8H8I2NO3-. The first-order valence-electron chi connectivity index (χ1n) is 4.22. The molecule has 14 heavy (non-hydrogen) atoms. The summed E-state index contributed by atoms with van der Waals surface area (Å²) in [6.07, 6.45) is 1.92. The van der Waals surface area contributed by atoms with Crippen molar-refractivity contribution < 1.29 is 31.8 Å². The van der Waals surface area contributed by atoms with E-state index in [0.717, 1.165) is 18.4 Å². The molecule has 0 bridgehead atoms. The second kappa shape index (κ2) is 4.33. The molecule has 0 aliphatic carbocycles. The predicted molar refractivity (Wildman–Crippen MR) is 52.7 cm³/mol. The molecule has 4 nitrogen and oxygen atoms in total. The molecule has 0 saturated heterocycles. The third kappa shape index (κ3) is 1.77. The Kier molecular flexibility index (Phi) is 3.30. The van der Waals surface area contributed by atoms with Crippen molar-refractivity contribution in [3.63, 3.8) is 0 Å². The summed E-state index contributed by atoms with van der Waals surface area (Å²) in [6.45, 7) is 0.638. The fourth-order valence-corrected chi connectivity index (χ4v) is 4.86. The van der Waals surface area contributed by atoms with E-state index in [1.165, 1.54) is 3.11 Å². The van der Waals surface area contributed by atoms with Crippen LogP contribution < -0.4 is 17.5 Å². The van der Waals surface area contributed by atoms with Crippen molar-refractivity contribution in [1.29, 1.82) is 0 Å². The van der Waals surface area contributed by atoms with Crippen LogP contribution in [0.15, 0.2) is 11.3 Å². The van der Waals surface area contributed by atoms with Gasteiger partial charge in [0.1, 0.15) is 0 Å². The summed E-state index contributed by atoms with van der Waals surface area (Å²) in [6, 6.07) is 0. The van der Waals surface area contributed by atoms with Crippen LogP contribution in [0, 0.1) is 0 Å². The molecule has 2 aliphatic rings. The summed E-state index contributed by atoms with van der Waals surface area (Å²) in [7, 11) is 0. The monoisotopic (exact) mass is 420 g/mol. The van der Waals surface area contributed by atoms with E-state index in [1.54, 1.807) is 0 Å². The number of imide groups is 1. The van der Waals surface area contributed by atoms with Crippen molar-refractivity contribution in [2.75, 3.05) is 6.61 Å². The molecule has 6 heteroatoms. The van der Waals surface area contributed by atoms with Crippen molar-refractivity contribution >= 4 is 30.4 Å². The van der Waals surface area contributed by atoms with Crippen LogP contribution in [0.2, 0.25) is 0 Å². The number of carbonyl (C=O) groups excluding carboxylic acids is 2. The molecule has 0 aromatic carbocycles. The van der Waals surface area contributed by atoms with Crippen LogP contribution in [0.1, 0.15) is 19.3 Å². The van der Waals surface area contributed by atoms with Gasteiger partial charge in [-0.2, -0.15) is 0 Å². The third-order valence-corrected chi connectivity index (χ3v) is 6.00. The van der Waals surface area contributed by atoms with E-state index in [4.69, 9.17) is 4.74 Å². The van der Waals surface area contributed by atoms with Gasteiger partial charge in [-0.1, -0.05) is 0 Å². The van der Waals surface area contributed by atoms with Crippen molar-refractivity contribution in [3.8, 4) is 0 Å². The number of amides is 2. The topological polar surface area (TPSA) is 46.6 Å². The molecule has 2 heterocycles. The SMILES string of the molecule is O=C1CC2=C(CCCO2)C(=O)N1[I-]I. The normalized spacial score (nSPS) is 22.5. The van der Waals surface area contributed by atoms with Crippen molar-refractivity contribution in [2.24, 2.45) is 0 Å². The van der Waals surface area contributed by atoms with Crippen LogP contribution in [-0.2, 0) is 14.3 Å². The van der Waals surface area contributed by atoms with Crippen molar-refractivity contribution in [3.05, 3.63) is 11.3 Å². The first-order valence-corrected chi connectivity index (χ1v) is 11.5. The number of carbonyl (C=O) groups is 2. The molecule has 78 valence electrons. The predicted octanol–water partition coefficient (Wildman–Crippen LogP) is -1.84. The van der Waals surface area contributed by atoms with Gasteiger partial charge in [0, 0.05) is 0 Å². The van der Waals surface area contributed by atoms with Gasteiger partial charge in [0.25, 0.3) is 0 Å². The van der Waals surface area contributed by atoms with Crippen molar-refractivity contribution in [2.45, 2.75) is 19.3 Å². The van der Waals surface area contributed by atoms with Crippen LogP contribution in [-0.4, -0.2) is 21.5 Å². The van der Waals surface area contributed by atoms with Gasteiger partial charge in [0.15, 0.2) is 0 Å². The number of rotatable bonds is 1. The molecule has 0 saturated carbocycles. The van der Waals surface area contributed by atoms with Crippen molar-refractivity contribution in [1.82, 2.24) is 3.11 Å². The molecule has 0 aromatic heterocycles. The zero-order chi connectivity index (χ0) is 10.1. The van der Waals surface area contributed by atoms with Crippen LogP contribution in [0.25, 0.3) is 0 Å². The maximum atomic E-state index is 11.8. The average Bonchev–Trinajstić information content (AvgIpc) is 2.18. The van der Waals surface area contributed by atoms with Gasteiger partial charge in [-0.05, 0) is 0 Å². The zero-order valence-electron chi connectivity index (χ0n) is 7.26. The second-order valence-corrected chi connectivity index (χ2v) is 6.85. The number of halogens is 2. The molecule has 2 aliphatic heterocycles. The molecule has 0 atom stereocenters. The second-order valence-electron chi connectivity index (χ2n) is 3.07. The Morgan fingerprint density at radius 3 is 2.93 bits per heavy atom. The van der Waals surface area contributed by atoms with Crippen LogP contribution in [0.4, 0.5) is 0 Å². The van der Waals surface area contributed by atoms with E-state index in [1.807, 2.05) is 0 Å². The maximum absolute atomic E-state index is 11.8. The Labute approximate surface area is 102 Å². The number of hydrogen-bond donors (Lipinski definition) is 0. The van der Waals surface area contributed by atoms with E-state index in [9.17, 15) is 9.59 Å². The standard InChI is InChI=1S/C8H8I2NO3/c9-10-11-7(12)4-6-5(8(11)13)2-1-3-14-6/h1-4H2/q-1. The minimum absolute atomic E-state index is 0.0992. The quantitative estimate of drug-likeness (QED) is 0.285. The van der Waals surface area contributed by atoms with Gasteiger partial charge in [-0.3, -0.25) is 0 Å². The molecule has 0 spiro atoms. The van der Waals surface area contributed by atoms with Gasteiger partial charge in [0.05, 0.1) is 0 Å². The van der Waals surface area contributed by atoms with E-state index < -0.39 is 17.5 Å². The molecule has 2 amide bonds. The molecule has 0 radical (unpaired) electrons. The van der Waals surface area contributed by atoms with E-state index in [2.05, 4.69) is 18.6 Å². The van der Waals surface area contributed by atoms with Gasteiger partial charge in [-0.25, -0.2) is 0 Å². The summed E-state index contributed by atoms with van der Waals surface area (Å²) < 4.78 is 6.73. The third-order valence-electron chi connectivity index (χ3n) is 2.22. The summed E-state index contributed by atoms with van der Waals surface area (Å²) in [4.78, 5) is 23.3. The van der Waals surface area contributed by atoms with Gasteiger partial charge < -0.3 is 0 Å². The summed E-state index contributed by atoms with van der Waals surface area (Å²) >= 11 is 1.62. The van der Waals surface area contributed by atoms with E-state index in [-0.39, 0.29) is 18.2 Å². The fraction of sp³-hybridized carbons (Fsp3) is 0.500. The Hall–Kier alpha value is 0.140. The summed E-state index contributed by atoms with van der Waals surface area (Å²) in [5.41, 5.74) is 0.729. The van der Waals surface area contributed by atoms with E-state index >= 15 is 0 Å². The average molecular weight is 420 g/mol. The Morgan fingerprint density at radius 2 is 2.21 bits per heavy atom. The number of nitrogens with zero attached hydrogens (tertiary/aromatic N) is 1. The summed E-state index contributed by atoms with van der Waals surface area (Å²) in [5, 5.41) is 0. The van der Waals surface area contributed by atoms with E-state index in [0.29, 0.717) is 12.4 Å². The Balaban J connectivity index is 2.32. The van der Waals surface area contributed by atoms with Gasteiger partial charge >= 0.3 is 103 Å². The zero-order valence-corrected chi connectivity index (χ0v) is 11.6. The van der Waals surface area contributed by atoms with Gasteiger partial charge in [-0.15, -0.1) is 0 Å². The summed E-state index contributed by atoms with van der Waals surface area (Å²) in [5.74, 6) is 0.410. The Bertz CT molecular complexity index is 327. The van der Waals surface area contributed by atoms with Crippen LogP contribution >= 0.6 is 18.6 Å². The first-order chi connectivity index (χ1) is 6.74. The Morgan fingerprint density at radius 1 is 1.43 bits per heavy atom. The molecule has 0 aromatic rings. The molecular weight excluding hydrogens is 412 g/mol. The number of hydrogen-bond acceptors (Lipinski definition) is 3. The van der Waals surface area contributed by atoms with Gasteiger partial charge in [0.2, 0.25) is 0 Å². The minimum atomic E-state index is -0.514. The molecule has 0 fully saturated rings. The molecule has 0 unspecified atom stereocenters. The fourth-order valence-electron chi connectivity index (χ4n) is 1.56. The van der Waals surface area contributed by atoms with Crippen LogP contribution in [0.3, 0.4) is 0 Å². The van der Waals surface area contributed by atoms with Crippen LogP contribution in [0.5, 0.6) is 0 Å². The first kappa shape index (κ1) is 10.7. The number of ether oxygens (including phenoxy) is 1.